The van der Waals surface area contributed by atoms with Crippen LogP contribution in [0.15, 0.2) is 66.7 Å². The van der Waals surface area contributed by atoms with Crippen molar-refractivity contribution in [1.82, 2.24) is 5.32 Å². The van der Waals surface area contributed by atoms with Crippen LogP contribution in [-0.2, 0) is 10.2 Å². The predicted octanol–water partition coefficient (Wildman–Crippen LogP) is 4.95. The summed E-state index contributed by atoms with van der Waals surface area (Å²) in [5.74, 6) is -0.261. The average Bonchev–Trinajstić information content (AvgIpc) is 3.66. The third-order valence-electron chi connectivity index (χ3n) is 6.71. The summed E-state index contributed by atoms with van der Waals surface area (Å²) in [6.45, 7) is 0. The Hall–Kier alpha value is -3.87. The van der Waals surface area contributed by atoms with E-state index < -0.39 is 17.5 Å². The molecule has 1 aliphatic carbocycles. The Morgan fingerprint density at radius 2 is 1.85 bits per heavy atom. The smallest absolute Gasteiger partial charge is 0.335 e. The lowest BCUT2D eigenvalue weighted by Crippen LogP contribution is -2.39. The van der Waals surface area contributed by atoms with E-state index in [2.05, 4.69) is 5.32 Å². The first-order valence-electron chi connectivity index (χ1n) is 11.1. The molecule has 0 aromatic heterocycles. The van der Waals surface area contributed by atoms with Gasteiger partial charge >= 0.3 is 5.97 Å². The topological polar surface area (TPSA) is 84.9 Å². The molecule has 0 unspecified atom stereocenters. The zero-order valence-electron chi connectivity index (χ0n) is 18.6. The molecule has 6 nitrogen and oxygen atoms in total. The second-order valence-electron chi connectivity index (χ2n) is 8.79. The summed E-state index contributed by atoms with van der Waals surface area (Å²) in [6.07, 6.45) is 1.41. The van der Waals surface area contributed by atoms with Gasteiger partial charge in [-0.25, -0.2) is 9.18 Å². The molecule has 1 fully saturated rings. The Labute approximate surface area is 196 Å². The number of carboxylic acids is 1. The minimum Gasteiger partial charge on any atom is -0.497 e. The maximum Gasteiger partial charge on any atom is 0.335 e. The third-order valence-corrected chi connectivity index (χ3v) is 6.71. The number of hydrogen-bond donors (Lipinski definition) is 2. The summed E-state index contributed by atoms with van der Waals surface area (Å²) < 4.78 is 25.4. The van der Waals surface area contributed by atoms with Crippen LogP contribution in [0.1, 0.15) is 58.5 Å². The summed E-state index contributed by atoms with van der Waals surface area (Å²) in [6, 6.07) is 17.9. The SMILES string of the molecule is COc1ccc2c(c1)O[C@@H](c1ccc(C(=O)O)cc1)C[C@H]2NC(=O)C1(c2cccc(F)c2)CC1. The molecule has 2 aliphatic rings. The molecule has 0 saturated heterocycles. The maximum atomic E-state index is 13.8. The molecule has 0 radical (unpaired) electrons. The van der Waals surface area contributed by atoms with Gasteiger partial charge in [0.05, 0.1) is 24.1 Å². The second-order valence-corrected chi connectivity index (χ2v) is 8.79. The van der Waals surface area contributed by atoms with Crippen molar-refractivity contribution >= 4 is 11.9 Å². The van der Waals surface area contributed by atoms with Crippen molar-refractivity contribution in [3.05, 3.63) is 94.8 Å². The fraction of sp³-hybridized carbons (Fsp3) is 0.259. The van der Waals surface area contributed by atoms with Crippen molar-refractivity contribution < 1.29 is 28.6 Å². The lowest BCUT2D eigenvalue weighted by Gasteiger charge is -2.34. The Kier molecular flexibility index (Phi) is 5.48. The molecule has 0 spiro atoms. The highest BCUT2D eigenvalue weighted by Crippen LogP contribution is 2.50. The number of amides is 1. The van der Waals surface area contributed by atoms with Gasteiger partial charge in [-0.3, -0.25) is 4.79 Å². The third kappa shape index (κ3) is 3.98. The van der Waals surface area contributed by atoms with Crippen LogP contribution in [0.4, 0.5) is 4.39 Å². The van der Waals surface area contributed by atoms with E-state index in [0.717, 1.165) is 11.1 Å². The van der Waals surface area contributed by atoms with Crippen LogP contribution < -0.4 is 14.8 Å². The number of nitrogens with one attached hydrogen (secondary N) is 1. The minimum atomic E-state index is -0.997. The molecule has 7 heteroatoms. The fourth-order valence-corrected chi connectivity index (χ4v) is 4.61. The fourth-order valence-electron chi connectivity index (χ4n) is 4.61. The highest BCUT2D eigenvalue weighted by atomic mass is 19.1. The number of ether oxygens (including phenoxy) is 2. The number of halogens is 1. The van der Waals surface area contributed by atoms with E-state index in [1.165, 1.54) is 12.1 Å². The number of carboxylic acid groups (broad SMARTS) is 1. The standard InChI is InChI=1S/C27H24FNO5/c1-33-20-9-10-21-22(29-26(32)27(11-12-27)18-3-2-4-19(28)13-18)15-23(34-24(21)14-20)16-5-7-17(8-6-16)25(30)31/h2-10,13-14,22-23H,11-12,15H2,1H3,(H,29,32)(H,30,31)/t22-,23-/m1/s1. The van der Waals surface area contributed by atoms with Gasteiger partial charge in [0.25, 0.3) is 0 Å². The van der Waals surface area contributed by atoms with E-state index in [4.69, 9.17) is 9.47 Å². The monoisotopic (exact) mass is 461 g/mol. The molecule has 34 heavy (non-hydrogen) atoms. The molecule has 3 aromatic carbocycles. The predicted molar refractivity (Wildman–Crippen MR) is 123 cm³/mol. The molecular formula is C27H24FNO5. The van der Waals surface area contributed by atoms with Crippen LogP contribution in [0, 0.1) is 5.82 Å². The first-order chi connectivity index (χ1) is 16.4. The molecule has 174 valence electrons. The second kappa shape index (κ2) is 8.48. The van der Waals surface area contributed by atoms with E-state index in [1.807, 2.05) is 12.1 Å². The van der Waals surface area contributed by atoms with Crippen molar-refractivity contribution in [1.29, 1.82) is 0 Å². The summed E-state index contributed by atoms with van der Waals surface area (Å²) in [5.41, 5.74) is 1.81. The number of rotatable bonds is 6. The maximum absolute atomic E-state index is 13.8. The Morgan fingerprint density at radius 1 is 1.09 bits per heavy atom. The lowest BCUT2D eigenvalue weighted by atomic mass is 9.90. The number of hydrogen-bond acceptors (Lipinski definition) is 4. The van der Waals surface area contributed by atoms with E-state index in [9.17, 15) is 19.1 Å². The zero-order valence-corrected chi connectivity index (χ0v) is 18.6. The Balaban J connectivity index is 1.44. The number of carbonyl (C=O) groups excluding carboxylic acids is 1. The van der Waals surface area contributed by atoms with Crippen LogP contribution in [-0.4, -0.2) is 24.1 Å². The van der Waals surface area contributed by atoms with Gasteiger partial charge in [-0.05, 0) is 60.4 Å². The van der Waals surface area contributed by atoms with Crippen molar-refractivity contribution in [3.8, 4) is 11.5 Å². The highest BCUT2D eigenvalue weighted by molar-refractivity contribution is 5.91. The summed E-state index contributed by atoms with van der Waals surface area (Å²) in [7, 11) is 1.57. The van der Waals surface area contributed by atoms with Gasteiger partial charge in [-0.15, -0.1) is 0 Å². The molecule has 3 aromatic rings. The van der Waals surface area contributed by atoms with Crippen molar-refractivity contribution in [2.75, 3.05) is 7.11 Å². The minimum absolute atomic E-state index is 0.133. The molecule has 1 aliphatic heterocycles. The number of methoxy groups -OCH3 is 1. The van der Waals surface area contributed by atoms with Gasteiger partial charge in [0.2, 0.25) is 5.91 Å². The summed E-state index contributed by atoms with van der Waals surface area (Å²) in [4.78, 5) is 24.7. The number of benzene rings is 3. The van der Waals surface area contributed by atoms with Crippen LogP contribution in [0.3, 0.4) is 0 Å². The van der Waals surface area contributed by atoms with Gasteiger partial charge in [-0.1, -0.05) is 24.3 Å². The molecule has 0 bridgehead atoms. The normalized spacial score (nSPS) is 19.9. The van der Waals surface area contributed by atoms with Crippen LogP contribution >= 0.6 is 0 Å². The number of fused-ring (bicyclic) bond motifs is 1. The molecule has 1 heterocycles. The van der Waals surface area contributed by atoms with E-state index in [-0.39, 0.29) is 23.3 Å². The van der Waals surface area contributed by atoms with Gasteiger partial charge in [0.15, 0.2) is 0 Å². The molecule has 2 N–H and O–H groups in total. The first-order valence-corrected chi connectivity index (χ1v) is 11.1. The first kappa shape index (κ1) is 21.9. The Morgan fingerprint density at radius 3 is 2.50 bits per heavy atom. The van der Waals surface area contributed by atoms with Gasteiger partial charge < -0.3 is 19.9 Å². The van der Waals surface area contributed by atoms with Crippen LogP contribution in [0.2, 0.25) is 0 Å². The van der Waals surface area contributed by atoms with E-state index in [1.54, 1.807) is 49.6 Å². The Bertz CT molecular complexity index is 1250. The van der Waals surface area contributed by atoms with Crippen LogP contribution in [0.5, 0.6) is 11.5 Å². The number of aromatic carboxylic acids is 1. The molecular weight excluding hydrogens is 437 g/mol. The summed E-state index contributed by atoms with van der Waals surface area (Å²) in [5, 5.41) is 12.4. The lowest BCUT2D eigenvalue weighted by molar-refractivity contribution is -0.124. The largest absolute Gasteiger partial charge is 0.497 e. The van der Waals surface area contributed by atoms with Gasteiger partial charge in [0.1, 0.15) is 23.4 Å². The molecule has 2 atom stereocenters. The van der Waals surface area contributed by atoms with Crippen molar-refractivity contribution in [3.63, 3.8) is 0 Å². The molecule has 5 rings (SSSR count). The zero-order chi connectivity index (χ0) is 23.9. The number of carbonyl (C=O) groups is 2. The highest BCUT2D eigenvalue weighted by Gasteiger charge is 2.52. The van der Waals surface area contributed by atoms with E-state index >= 15 is 0 Å². The van der Waals surface area contributed by atoms with E-state index in [0.29, 0.717) is 36.3 Å². The van der Waals surface area contributed by atoms with Gasteiger partial charge in [-0.2, -0.15) is 0 Å². The van der Waals surface area contributed by atoms with Crippen LogP contribution in [0.25, 0.3) is 0 Å². The van der Waals surface area contributed by atoms with Crippen molar-refractivity contribution in [2.24, 2.45) is 0 Å². The summed E-state index contributed by atoms with van der Waals surface area (Å²) >= 11 is 0. The molecule has 1 saturated carbocycles. The van der Waals surface area contributed by atoms with Gasteiger partial charge in [0, 0.05) is 18.1 Å². The molecule has 1 amide bonds. The van der Waals surface area contributed by atoms with Crippen molar-refractivity contribution in [2.45, 2.75) is 36.8 Å². The average molecular weight is 461 g/mol. The quantitative estimate of drug-likeness (QED) is 0.543.